The highest BCUT2D eigenvalue weighted by Crippen LogP contribution is 2.21. The molecule has 0 saturated carbocycles. The van der Waals surface area contributed by atoms with E-state index in [2.05, 4.69) is 44.0 Å². The molecular weight excluding hydrogens is 378 g/mol. The fourth-order valence-electron chi connectivity index (χ4n) is 3.12. The molecule has 0 aliphatic heterocycles. The van der Waals surface area contributed by atoms with E-state index in [1.807, 2.05) is 42.5 Å². The molecule has 0 radical (unpaired) electrons. The van der Waals surface area contributed by atoms with Crippen molar-refractivity contribution in [2.75, 3.05) is 19.7 Å². The minimum atomic E-state index is -1.69. The van der Waals surface area contributed by atoms with E-state index in [0.717, 1.165) is 25.9 Å². The third kappa shape index (κ3) is 8.94. The lowest BCUT2D eigenvalue weighted by Crippen LogP contribution is -2.41. The summed E-state index contributed by atoms with van der Waals surface area (Å²) >= 11 is 0. The minimum Gasteiger partial charge on any atom is -0.490 e. The van der Waals surface area contributed by atoms with Crippen LogP contribution in [0.25, 0.3) is 0 Å². The number of carbonyl (C=O) groups excluding carboxylic acids is 1. The molecule has 0 heterocycles. The Morgan fingerprint density at radius 1 is 1.03 bits per heavy atom. The molecule has 1 N–H and O–H groups in total. The molecule has 0 aromatic heterocycles. The van der Waals surface area contributed by atoms with Crippen molar-refractivity contribution in [3.63, 3.8) is 0 Å². The second-order valence-electron chi connectivity index (χ2n) is 8.27. The van der Waals surface area contributed by atoms with Crippen molar-refractivity contribution in [3.8, 4) is 5.75 Å². The average Bonchev–Trinajstić information content (AvgIpc) is 2.70. The first-order valence-electron chi connectivity index (χ1n) is 10.6. The summed E-state index contributed by atoms with van der Waals surface area (Å²) in [5.74, 6) is 0.751. The first-order chi connectivity index (χ1) is 13.9. The summed E-state index contributed by atoms with van der Waals surface area (Å²) in [7, 11) is -1.69. The second-order valence-corrected chi connectivity index (χ2v) is 12.7. The van der Waals surface area contributed by atoms with Crippen molar-refractivity contribution in [2.45, 2.75) is 51.9 Å². The molecular formula is C24H35NO3Si. The van der Waals surface area contributed by atoms with Gasteiger partial charge in [0.1, 0.15) is 12.4 Å². The fraction of sp³-hybridized carbons (Fsp3) is 0.458. The standard InChI is InChI=1S/C24H35NO3Si/c1-5-17-25-18-21(28-29(2,3)4)19-27-24-14-10-9-13-22(24)23(26)16-15-20-11-7-6-8-12-20/h6-14,21,25H,5,15-19H2,1-4H3. The number of ketones is 1. The summed E-state index contributed by atoms with van der Waals surface area (Å²) in [6.07, 6.45) is 2.26. The van der Waals surface area contributed by atoms with Gasteiger partial charge in [0.2, 0.25) is 0 Å². The quantitative estimate of drug-likeness (QED) is 0.282. The van der Waals surface area contributed by atoms with Crippen LogP contribution in [0.5, 0.6) is 5.75 Å². The van der Waals surface area contributed by atoms with Crippen LogP contribution in [0.3, 0.4) is 0 Å². The van der Waals surface area contributed by atoms with Gasteiger partial charge in [0.25, 0.3) is 0 Å². The minimum absolute atomic E-state index is 0.0271. The smallest absolute Gasteiger partial charge is 0.184 e. The van der Waals surface area contributed by atoms with Gasteiger partial charge in [-0.1, -0.05) is 49.4 Å². The lowest BCUT2D eigenvalue weighted by atomic mass is 10.0. The van der Waals surface area contributed by atoms with Gasteiger partial charge in [-0.2, -0.15) is 0 Å². The van der Waals surface area contributed by atoms with Gasteiger partial charge < -0.3 is 14.5 Å². The van der Waals surface area contributed by atoms with Gasteiger partial charge in [-0.05, 0) is 56.7 Å². The van der Waals surface area contributed by atoms with Crippen LogP contribution >= 0.6 is 0 Å². The van der Waals surface area contributed by atoms with Gasteiger partial charge in [0.05, 0.1) is 11.7 Å². The van der Waals surface area contributed by atoms with Gasteiger partial charge in [-0.15, -0.1) is 0 Å². The van der Waals surface area contributed by atoms with Crippen LogP contribution < -0.4 is 10.1 Å². The van der Waals surface area contributed by atoms with Crippen LogP contribution in [0.2, 0.25) is 19.6 Å². The van der Waals surface area contributed by atoms with Crippen molar-refractivity contribution < 1.29 is 14.0 Å². The van der Waals surface area contributed by atoms with Crippen molar-refractivity contribution in [1.29, 1.82) is 0 Å². The molecule has 158 valence electrons. The predicted molar refractivity (Wildman–Crippen MR) is 122 cm³/mol. The zero-order valence-electron chi connectivity index (χ0n) is 18.2. The monoisotopic (exact) mass is 413 g/mol. The predicted octanol–water partition coefficient (Wildman–Crippen LogP) is 5.10. The van der Waals surface area contributed by atoms with Crippen molar-refractivity contribution >= 4 is 14.1 Å². The zero-order chi connectivity index (χ0) is 21.1. The molecule has 2 aromatic rings. The average molecular weight is 414 g/mol. The Hall–Kier alpha value is -1.95. The normalized spacial score (nSPS) is 12.6. The molecule has 1 unspecified atom stereocenters. The summed E-state index contributed by atoms with van der Waals surface area (Å²) in [4.78, 5) is 12.8. The number of hydrogen-bond acceptors (Lipinski definition) is 4. The summed E-state index contributed by atoms with van der Waals surface area (Å²) in [6.45, 7) is 10.8. The van der Waals surface area contributed by atoms with E-state index in [0.29, 0.717) is 24.3 Å². The summed E-state index contributed by atoms with van der Waals surface area (Å²) in [5.41, 5.74) is 1.82. The van der Waals surface area contributed by atoms with Gasteiger partial charge in [-0.3, -0.25) is 4.79 Å². The highest BCUT2D eigenvalue weighted by atomic mass is 28.4. The van der Waals surface area contributed by atoms with Crippen LogP contribution in [0.4, 0.5) is 0 Å². The molecule has 0 fully saturated rings. The molecule has 5 heteroatoms. The number of rotatable bonds is 13. The van der Waals surface area contributed by atoms with E-state index in [1.54, 1.807) is 0 Å². The molecule has 4 nitrogen and oxygen atoms in total. The van der Waals surface area contributed by atoms with Crippen molar-refractivity contribution in [3.05, 3.63) is 65.7 Å². The van der Waals surface area contributed by atoms with Gasteiger partial charge >= 0.3 is 0 Å². The second kappa shape index (κ2) is 11.9. The Bertz CT molecular complexity index is 743. The molecule has 0 bridgehead atoms. The van der Waals surface area contributed by atoms with Gasteiger partial charge in [-0.25, -0.2) is 0 Å². The van der Waals surface area contributed by atoms with E-state index in [1.165, 1.54) is 5.56 Å². The number of benzene rings is 2. The summed E-state index contributed by atoms with van der Waals surface area (Å²) in [5, 5.41) is 3.42. The molecule has 2 aromatic carbocycles. The summed E-state index contributed by atoms with van der Waals surface area (Å²) < 4.78 is 12.4. The Kier molecular flexibility index (Phi) is 9.58. The molecule has 0 spiro atoms. The summed E-state index contributed by atoms with van der Waals surface area (Å²) in [6, 6.07) is 17.6. The van der Waals surface area contributed by atoms with Crippen molar-refractivity contribution in [1.82, 2.24) is 5.32 Å². The highest BCUT2D eigenvalue weighted by molar-refractivity contribution is 6.69. The molecule has 1 atom stereocenters. The number of para-hydroxylation sites is 1. The Labute approximate surface area is 176 Å². The Morgan fingerprint density at radius 3 is 2.41 bits per heavy atom. The number of carbonyl (C=O) groups is 1. The number of nitrogens with one attached hydrogen (secondary N) is 1. The lowest BCUT2D eigenvalue weighted by Gasteiger charge is -2.27. The zero-order valence-corrected chi connectivity index (χ0v) is 19.2. The first-order valence-corrected chi connectivity index (χ1v) is 14.0. The van der Waals surface area contributed by atoms with E-state index < -0.39 is 8.32 Å². The molecule has 0 amide bonds. The number of Topliss-reactive ketones (excluding diaryl/α,β-unsaturated/α-hetero) is 1. The number of aryl methyl sites for hydroxylation is 1. The lowest BCUT2D eigenvalue weighted by molar-refractivity contribution is 0.0966. The van der Waals surface area contributed by atoms with Crippen LogP contribution in [-0.4, -0.2) is 39.9 Å². The van der Waals surface area contributed by atoms with Gasteiger partial charge in [0.15, 0.2) is 14.1 Å². The molecule has 29 heavy (non-hydrogen) atoms. The molecule has 0 saturated heterocycles. The van der Waals surface area contributed by atoms with E-state index >= 15 is 0 Å². The van der Waals surface area contributed by atoms with Crippen LogP contribution in [-0.2, 0) is 10.8 Å². The van der Waals surface area contributed by atoms with E-state index in [-0.39, 0.29) is 11.9 Å². The third-order valence-electron chi connectivity index (χ3n) is 4.41. The Morgan fingerprint density at radius 2 is 1.72 bits per heavy atom. The van der Waals surface area contributed by atoms with Crippen molar-refractivity contribution in [2.24, 2.45) is 0 Å². The maximum absolute atomic E-state index is 12.8. The van der Waals surface area contributed by atoms with Gasteiger partial charge in [0, 0.05) is 13.0 Å². The highest BCUT2D eigenvalue weighted by Gasteiger charge is 2.22. The van der Waals surface area contributed by atoms with E-state index in [4.69, 9.17) is 9.16 Å². The maximum atomic E-state index is 12.8. The largest absolute Gasteiger partial charge is 0.490 e. The molecule has 0 aliphatic rings. The first kappa shape index (κ1) is 23.3. The molecule has 2 rings (SSSR count). The fourth-order valence-corrected chi connectivity index (χ4v) is 4.27. The third-order valence-corrected chi connectivity index (χ3v) is 5.46. The molecule has 0 aliphatic carbocycles. The number of ether oxygens (including phenoxy) is 1. The van der Waals surface area contributed by atoms with Crippen LogP contribution in [0, 0.1) is 0 Å². The topological polar surface area (TPSA) is 47.6 Å². The SMILES string of the molecule is CCCNCC(COc1ccccc1C(=O)CCc1ccccc1)O[Si](C)(C)C. The van der Waals surface area contributed by atoms with Crippen LogP contribution in [0.15, 0.2) is 54.6 Å². The number of hydrogen-bond donors (Lipinski definition) is 1. The van der Waals surface area contributed by atoms with E-state index in [9.17, 15) is 4.79 Å². The Balaban J connectivity index is 1.99. The van der Waals surface area contributed by atoms with Crippen LogP contribution in [0.1, 0.15) is 35.7 Å². The maximum Gasteiger partial charge on any atom is 0.184 e.